The van der Waals surface area contributed by atoms with E-state index in [-0.39, 0.29) is 23.6 Å². The molecule has 0 heterocycles. The zero-order valence-corrected chi connectivity index (χ0v) is 12.9. The van der Waals surface area contributed by atoms with Crippen LogP contribution in [0.2, 0.25) is 0 Å². The average Bonchev–Trinajstić information content (AvgIpc) is 2.36. The normalized spacial score (nSPS) is 15.1. The van der Waals surface area contributed by atoms with E-state index in [9.17, 15) is 4.39 Å². The minimum Gasteiger partial charge on any atom is -0.373 e. The third-order valence-electron chi connectivity index (χ3n) is 2.95. The van der Waals surface area contributed by atoms with Gasteiger partial charge in [0.1, 0.15) is 5.82 Å². The molecule has 4 heteroatoms. The van der Waals surface area contributed by atoms with Crippen LogP contribution in [0.25, 0.3) is 0 Å². The van der Waals surface area contributed by atoms with Crippen LogP contribution in [0.15, 0.2) is 24.3 Å². The van der Waals surface area contributed by atoms with Crippen molar-refractivity contribution < 1.29 is 13.9 Å². The van der Waals surface area contributed by atoms with Crippen molar-refractivity contribution in [2.75, 3.05) is 13.2 Å². The molecule has 3 nitrogen and oxygen atoms in total. The summed E-state index contributed by atoms with van der Waals surface area (Å²) in [5.74, 6) is -0.273. The molecule has 2 N–H and O–H groups in total. The Kier molecular flexibility index (Phi) is 6.59. The molecule has 20 heavy (non-hydrogen) atoms. The monoisotopic (exact) mass is 283 g/mol. The SMILES string of the molecule is CCC(N)C(OCCOC(C)(C)C)c1cccc(F)c1. The maximum absolute atomic E-state index is 13.3. The first-order chi connectivity index (χ1) is 9.33. The molecule has 0 saturated heterocycles. The van der Waals surface area contributed by atoms with Gasteiger partial charge in [0.25, 0.3) is 0 Å². The number of ether oxygens (including phenoxy) is 2. The van der Waals surface area contributed by atoms with Gasteiger partial charge in [-0.25, -0.2) is 4.39 Å². The van der Waals surface area contributed by atoms with Crippen molar-refractivity contribution in [3.8, 4) is 0 Å². The van der Waals surface area contributed by atoms with Gasteiger partial charge in [0.2, 0.25) is 0 Å². The van der Waals surface area contributed by atoms with Gasteiger partial charge in [-0.05, 0) is 44.9 Å². The largest absolute Gasteiger partial charge is 0.373 e. The van der Waals surface area contributed by atoms with Gasteiger partial charge in [-0.2, -0.15) is 0 Å². The van der Waals surface area contributed by atoms with Crippen LogP contribution in [0.3, 0.4) is 0 Å². The van der Waals surface area contributed by atoms with Gasteiger partial charge in [-0.1, -0.05) is 19.1 Å². The molecule has 1 aromatic rings. The third kappa shape index (κ3) is 5.99. The number of hydrogen-bond acceptors (Lipinski definition) is 3. The molecule has 1 rings (SSSR count). The van der Waals surface area contributed by atoms with Crippen molar-refractivity contribution in [3.63, 3.8) is 0 Å². The summed E-state index contributed by atoms with van der Waals surface area (Å²) in [6.45, 7) is 8.91. The summed E-state index contributed by atoms with van der Waals surface area (Å²) < 4.78 is 24.7. The molecule has 0 amide bonds. The minimum atomic E-state index is -0.306. The van der Waals surface area contributed by atoms with Crippen molar-refractivity contribution in [1.29, 1.82) is 0 Å². The van der Waals surface area contributed by atoms with E-state index in [2.05, 4.69) is 0 Å². The fourth-order valence-corrected chi connectivity index (χ4v) is 1.89. The minimum absolute atomic E-state index is 0.161. The van der Waals surface area contributed by atoms with Gasteiger partial charge in [0.15, 0.2) is 0 Å². The molecule has 0 aliphatic rings. The zero-order valence-electron chi connectivity index (χ0n) is 12.9. The van der Waals surface area contributed by atoms with E-state index in [1.807, 2.05) is 33.8 Å². The first-order valence-electron chi connectivity index (χ1n) is 7.10. The molecule has 0 aliphatic heterocycles. The fraction of sp³-hybridized carbons (Fsp3) is 0.625. The summed E-state index contributed by atoms with van der Waals surface area (Å²) in [6, 6.07) is 6.25. The summed E-state index contributed by atoms with van der Waals surface area (Å²) >= 11 is 0. The highest BCUT2D eigenvalue weighted by Crippen LogP contribution is 2.23. The van der Waals surface area contributed by atoms with E-state index in [0.29, 0.717) is 13.2 Å². The van der Waals surface area contributed by atoms with Gasteiger partial charge < -0.3 is 15.2 Å². The summed E-state index contributed by atoms with van der Waals surface area (Å²) in [7, 11) is 0. The van der Waals surface area contributed by atoms with E-state index in [4.69, 9.17) is 15.2 Å². The van der Waals surface area contributed by atoms with Crippen molar-refractivity contribution in [2.45, 2.75) is 51.9 Å². The lowest BCUT2D eigenvalue weighted by atomic mass is 10.0. The second-order valence-corrected chi connectivity index (χ2v) is 5.88. The van der Waals surface area contributed by atoms with E-state index >= 15 is 0 Å². The van der Waals surface area contributed by atoms with E-state index in [1.54, 1.807) is 6.07 Å². The Balaban J connectivity index is 2.62. The van der Waals surface area contributed by atoms with Gasteiger partial charge in [-0.3, -0.25) is 0 Å². The van der Waals surface area contributed by atoms with E-state index in [1.165, 1.54) is 12.1 Å². The maximum atomic E-state index is 13.3. The van der Waals surface area contributed by atoms with Crippen molar-refractivity contribution in [2.24, 2.45) is 5.73 Å². The summed E-state index contributed by atoms with van der Waals surface area (Å²) in [6.07, 6.45) is 0.459. The Morgan fingerprint density at radius 3 is 2.50 bits per heavy atom. The topological polar surface area (TPSA) is 44.5 Å². The smallest absolute Gasteiger partial charge is 0.123 e. The van der Waals surface area contributed by atoms with Crippen LogP contribution in [0.1, 0.15) is 45.8 Å². The second kappa shape index (κ2) is 7.72. The Labute approximate surface area is 121 Å². The summed E-state index contributed by atoms with van der Waals surface area (Å²) in [5.41, 5.74) is 6.66. The van der Waals surface area contributed by atoms with Crippen LogP contribution in [0.4, 0.5) is 4.39 Å². The highest BCUT2D eigenvalue weighted by molar-refractivity contribution is 5.20. The van der Waals surface area contributed by atoms with Crippen molar-refractivity contribution in [3.05, 3.63) is 35.6 Å². The fourth-order valence-electron chi connectivity index (χ4n) is 1.89. The molecule has 0 aromatic heterocycles. The molecule has 0 spiro atoms. The predicted molar refractivity (Wildman–Crippen MR) is 79.1 cm³/mol. The second-order valence-electron chi connectivity index (χ2n) is 5.88. The predicted octanol–water partition coefficient (Wildman–Crippen LogP) is 3.44. The van der Waals surface area contributed by atoms with E-state index in [0.717, 1.165) is 12.0 Å². The standard InChI is InChI=1S/C16H26FNO2/c1-5-14(18)15(12-7-6-8-13(17)11-12)19-9-10-20-16(2,3)4/h6-8,11,14-15H,5,9-10,18H2,1-4H3. The van der Waals surface area contributed by atoms with Gasteiger partial charge in [-0.15, -0.1) is 0 Å². The number of rotatable bonds is 7. The lowest BCUT2D eigenvalue weighted by Gasteiger charge is -2.25. The molecule has 114 valence electrons. The van der Waals surface area contributed by atoms with Crippen LogP contribution in [-0.2, 0) is 9.47 Å². The van der Waals surface area contributed by atoms with Crippen LogP contribution in [-0.4, -0.2) is 24.9 Å². The van der Waals surface area contributed by atoms with Gasteiger partial charge >= 0.3 is 0 Å². The Morgan fingerprint density at radius 1 is 1.25 bits per heavy atom. The average molecular weight is 283 g/mol. The highest BCUT2D eigenvalue weighted by Gasteiger charge is 2.20. The molecule has 1 aromatic carbocycles. The molecule has 0 saturated carbocycles. The Morgan fingerprint density at radius 2 is 1.95 bits per heavy atom. The maximum Gasteiger partial charge on any atom is 0.123 e. The molecule has 2 unspecified atom stereocenters. The van der Waals surface area contributed by atoms with Crippen LogP contribution >= 0.6 is 0 Å². The van der Waals surface area contributed by atoms with Crippen molar-refractivity contribution >= 4 is 0 Å². The Bertz CT molecular complexity index is 404. The van der Waals surface area contributed by atoms with Crippen LogP contribution in [0.5, 0.6) is 0 Å². The lowest BCUT2D eigenvalue weighted by Crippen LogP contribution is -2.31. The number of hydrogen-bond donors (Lipinski definition) is 1. The molecule has 2 atom stereocenters. The first-order valence-corrected chi connectivity index (χ1v) is 7.10. The van der Waals surface area contributed by atoms with Crippen LogP contribution < -0.4 is 5.73 Å². The summed E-state index contributed by atoms with van der Waals surface area (Å²) in [4.78, 5) is 0. The molecule has 0 radical (unpaired) electrons. The highest BCUT2D eigenvalue weighted by atomic mass is 19.1. The lowest BCUT2D eigenvalue weighted by molar-refractivity contribution is -0.0571. The van der Waals surface area contributed by atoms with Gasteiger partial charge in [0.05, 0.1) is 24.9 Å². The van der Waals surface area contributed by atoms with Crippen LogP contribution in [0, 0.1) is 5.82 Å². The van der Waals surface area contributed by atoms with Crippen molar-refractivity contribution in [1.82, 2.24) is 0 Å². The molecular weight excluding hydrogens is 257 g/mol. The number of nitrogens with two attached hydrogens (primary N) is 1. The molecular formula is C16H26FNO2. The Hall–Kier alpha value is -0.970. The number of benzene rings is 1. The summed E-state index contributed by atoms with van der Waals surface area (Å²) in [5, 5.41) is 0. The third-order valence-corrected chi connectivity index (χ3v) is 2.95. The van der Waals surface area contributed by atoms with Gasteiger partial charge in [0, 0.05) is 6.04 Å². The van der Waals surface area contributed by atoms with E-state index < -0.39 is 0 Å². The quantitative estimate of drug-likeness (QED) is 0.780. The molecule has 0 bridgehead atoms. The first kappa shape index (κ1) is 17.1. The molecule has 0 aliphatic carbocycles. The number of halogens is 1. The zero-order chi connectivity index (χ0) is 15.2. The molecule has 0 fully saturated rings.